The molecule has 1 radical (unpaired) electrons. The molecule has 0 saturated heterocycles. The number of hydrogen-bond acceptors (Lipinski definition) is 5. The van der Waals surface area contributed by atoms with Crippen LogP contribution in [-0.4, -0.2) is 35.3 Å². The van der Waals surface area contributed by atoms with E-state index in [0.29, 0.717) is 17.1 Å². The molecule has 91 valence electrons. The van der Waals surface area contributed by atoms with Gasteiger partial charge in [0.1, 0.15) is 12.0 Å². The number of aliphatic hydroxyl groups is 1. The van der Waals surface area contributed by atoms with Gasteiger partial charge in [-0.1, -0.05) is 0 Å². The molecule has 0 aliphatic heterocycles. The summed E-state index contributed by atoms with van der Waals surface area (Å²) >= 11 is 0. The fraction of sp³-hybridized carbons (Fsp3) is 0.444. The summed E-state index contributed by atoms with van der Waals surface area (Å²) < 4.78 is 0. The number of rotatable bonds is 3. The van der Waals surface area contributed by atoms with Gasteiger partial charge >= 0.3 is 6.03 Å². The van der Waals surface area contributed by atoms with Crippen LogP contribution >= 0.6 is 0 Å². The summed E-state index contributed by atoms with van der Waals surface area (Å²) in [7, 11) is 2.83. The van der Waals surface area contributed by atoms with Crippen molar-refractivity contribution in [3.63, 3.8) is 0 Å². The van der Waals surface area contributed by atoms with Gasteiger partial charge in [0.2, 0.25) is 0 Å². The van der Waals surface area contributed by atoms with Gasteiger partial charge in [-0.3, -0.25) is 4.84 Å². The number of aryl methyl sites for hydroxylation is 1. The molecule has 1 aromatic rings. The Kier molecular flexibility index (Phi) is 7.37. The van der Waals surface area contributed by atoms with Gasteiger partial charge in [-0.05, 0) is 6.92 Å². The molecule has 17 heavy (non-hydrogen) atoms. The third kappa shape index (κ3) is 3.67. The van der Waals surface area contributed by atoms with Gasteiger partial charge < -0.3 is 10.4 Å². The zero-order valence-corrected chi connectivity index (χ0v) is 12.8. The van der Waals surface area contributed by atoms with Gasteiger partial charge in [0, 0.05) is 39.8 Å². The normalized spacial score (nSPS) is 9.41. The van der Waals surface area contributed by atoms with Crippen LogP contribution in [0.2, 0.25) is 0 Å². The van der Waals surface area contributed by atoms with Crippen LogP contribution < -0.4 is 10.4 Å². The van der Waals surface area contributed by atoms with Crippen molar-refractivity contribution in [3.8, 4) is 0 Å². The van der Waals surface area contributed by atoms with E-state index in [2.05, 4.69) is 15.3 Å². The van der Waals surface area contributed by atoms with Crippen LogP contribution in [0.1, 0.15) is 11.4 Å². The molecule has 2 amide bonds. The Morgan fingerprint density at radius 2 is 2.24 bits per heavy atom. The minimum atomic E-state index is -0.463. The van der Waals surface area contributed by atoms with Gasteiger partial charge in [-0.15, -0.1) is 0 Å². The molecular weight excluding hydrogens is 301 g/mol. The van der Waals surface area contributed by atoms with E-state index in [0.717, 1.165) is 5.06 Å². The predicted octanol–water partition coefficient (Wildman–Crippen LogP) is -0.0180. The molecule has 1 rings (SSSR count). The van der Waals surface area contributed by atoms with E-state index >= 15 is 0 Å². The maximum absolute atomic E-state index is 11.5. The molecule has 0 spiro atoms. The molecule has 0 aliphatic carbocycles. The van der Waals surface area contributed by atoms with Gasteiger partial charge in [0.15, 0.2) is 0 Å². The van der Waals surface area contributed by atoms with Crippen LogP contribution in [0.4, 0.5) is 10.5 Å². The number of nitrogens with zero attached hydrogens (tertiary/aromatic N) is 3. The number of aromatic nitrogens is 2. The molecule has 0 unspecified atom stereocenters. The Morgan fingerprint density at radius 1 is 1.59 bits per heavy atom. The fourth-order valence-electron chi connectivity index (χ4n) is 1.27. The minimum absolute atomic E-state index is 0. The SMILES string of the molecule is CNC(=O)N(OC)c1c(C)ncnc1CO.[Y]. The number of urea groups is 1. The molecule has 0 aliphatic rings. The van der Waals surface area contributed by atoms with Crippen molar-refractivity contribution in [1.29, 1.82) is 0 Å². The van der Waals surface area contributed by atoms with Crippen LogP contribution in [-0.2, 0) is 44.2 Å². The quantitative estimate of drug-likeness (QED) is 0.766. The van der Waals surface area contributed by atoms with Gasteiger partial charge in [0.25, 0.3) is 0 Å². The number of carbonyl (C=O) groups is 1. The van der Waals surface area contributed by atoms with E-state index in [1.165, 1.54) is 20.5 Å². The number of hydroxylamine groups is 1. The molecule has 7 nitrogen and oxygen atoms in total. The summed E-state index contributed by atoms with van der Waals surface area (Å²) in [5, 5.41) is 12.6. The maximum atomic E-state index is 11.5. The van der Waals surface area contributed by atoms with Crippen LogP contribution in [0.15, 0.2) is 6.33 Å². The molecule has 0 saturated carbocycles. The topological polar surface area (TPSA) is 87.6 Å². The fourth-order valence-corrected chi connectivity index (χ4v) is 1.27. The standard InChI is InChI=1S/C9H14N4O3.Y/c1-6-8(7(4-14)12-5-11-6)13(16-3)9(15)10-2;/h5,14H,4H2,1-3H3,(H,10,15);. The molecule has 0 bridgehead atoms. The molecule has 0 aromatic carbocycles. The second-order valence-electron chi connectivity index (χ2n) is 2.94. The largest absolute Gasteiger partial charge is 0.390 e. The van der Waals surface area contributed by atoms with E-state index < -0.39 is 6.03 Å². The van der Waals surface area contributed by atoms with E-state index in [1.807, 2.05) is 0 Å². The Bertz CT molecular complexity index is 389. The van der Waals surface area contributed by atoms with Gasteiger partial charge in [-0.2, -0.15) is 5.06 Å². The van der Waals surface area contributed by atoms with Gasteiger partial charge in [0.05, 0.1) is 25.1 Å². The molecule has 8 heteroatoms. The first-order valence-electron chi connectivity index (χ1n) is 4.63. The van der Waals surface area contributed by atoms with E-state index in [9.17, 15) is 4.79 Å². The number of amides is 2. The van der Waals surface area contributed by atoms with Crippen molar-refractivity contribution in [2.24, 2.45) is 0 Å². The predicted molar refractivity (Wildman–Crippen MR) is 56.6 cm³/mol. The summed E-state index contributed by atoms with van der Waals surface area (Å²) in [5.74, 6) is 0. The van der Waals surface area contributed by atoms with Crippen LogP contribution in [0.5, 0.6) is 0 Å². The molecule has 1 heterocycles. The van der Waals surface area contributed by atoms with E-state index in [1.54, 1.807) is 6.92 Å². The number of hydrogen-bond donors (Lipinski definition) is 2. The summed E-state index contributed by atoms with van der Waals surface area (Å²) in [4.78, 5) is 24.3. The average molecular weight is 315 g/mol. The first-order chi connectivity index (χ1) is 7.65. The zero-order chi connectivity index (χ0) is 12.1. The summed E-state index contributed by atoms with van der Waals surface area (Å²) in [5.41, 5.74) is 1.23. The van der Waals surface area contributed by atoms with E-state index in [-0.39, 0.29) is 39.3 Å². The number of nitrogens with one attached hydrogen (secondary N) is 1. The second-order valence-corrected chi connectivity index (χ2v) is 2.94. The van der Waals surface area contributed by atoms with E-state index in [4.69, 9.17) is 9.94 Å². The molecule has 0 fully saturated rings. The Labute approximate surface area is 124 Å². The van der Waals surface area contributed by atoms with Crippen molar-refractivity contribution in [2.75, 3.05) is 19.2 Å². The van der Waals surface area contributed by atoms with Crippen molar-refractivity contribution in [3.05, 3.63) is 17.7 Å². The zero-order valence-electron chi connectivity index (χ0n) is 9.97. The summed E-state index contributed by atoms with van der Waals surface area (Å²) in [6.45, 7) is 1.40. The Hall–Kier alpha value is -0.626. The Balaban J connectivity index is 0.00000256. The Morgan fingerprint density at radius 3 is 2.71 bits per heavy atom. The minimum Gasteiger partial charge on any atom is -0.390 e. The monoisotopic (exact) mass is 315 g/mol. The molecule has 1 aromatic heterocycles. The number of anilines is 1. The molecule has 0 atom stereocenters. The van der Waals surface area contributed by atoms with Crippen LogP contribution in [0, 0.1) is 6.92 Å². The molecular formula is C9H14N4O3Y. The first-order valence-corrected chi connectivity index (χ1v) is 4.63. The maximum Gasteiger partial charge on any atom is 0.346 e. The summed E-state index contributed by atoms with van der Waals surface area (Å²) in [6.07, 6.45) is 1.32. The smallest absolute Gasteiger partial charge is 0.346 e. The first kappa shape index (κ1) is 16.4. The number of carbonyl (C=O) groups excluding carboxylic acids is 1. The van der Waals surface area contributed by atoms with Gasteiger partial charge in [-0.25, -0.2) is 14.8 Å². The van der Waals surface area contributed by atoms with Crippen molar-refractivity contribution in [2.45, 2.75) is 13.5 Å². The van der Waals surface area contributed by atoms with Crippen molar-refractivity contribution in [1.82, 2.24) is 15.3 Å². The molecule has 2 N–H and O–H groups in total. The van der Waals surface area contributed by atoms with Crippen LogP contribution in [0.25, 0.3) is 0 Å². The second kappa shape index (κ2) is 7.65. The van der Waals surface area contributed by atoms with Crippen molar-refractivity contribution < 1.29 is 47.4 Å². The van der Waals surface area contributed by atoms with Crippen molar-refractivity contribution >= 4 is 11.7 Å². The third-order valence-electron chi connectivity index (χ3n) is 2.01. The van der Waals surface area contributed by atoms with Crippen LogP contribution in [0.3, 0.4) is 0 Å². The summed E-state index contributed by atoms with van der Waals surface area (Å²) in [6, 6.07) is -0.463. The average Bonchev–Trinajstić information content (AvgIpc) is 2.31. The third-order valence-corrected chi connectivity index (χ3v) is 2.01. The number of aliphatic hydroxyl groups excluding tert-OH is 1.